The Hall–Kier alpha value is -8.84. The maximum absolute atomic E-state index is 13.6. The Morgan fingerprint density at radius 1 is 0.489 bits per heavy atom. The molecule has 0 bridgehead atoms. The molecule has 2 aromatic carbocycles. The second-order valence-electron chi connectivity index (χ2n) is 24.3. The first kappa shape index (κ1) is 73.9. The van der Waals surface area contributed by atoms with E-state index >= 15 is 0 Å². The van der Waals surface area contributed by atoms with Crippen molar-refractivity contribution in [2.75, 3.05) is 39.4 Å². The summed E-state index contributed by atoms with van der Waals surface area (Å²) in [5.41, 5.74) is 1.16. The minimum absolute atomic E-state index is 0.119. The fourth-order valence-electron chi connectivity index (χ4n) is 11.0. The molecule has 4 heterocycles. The van der Waals surface area contributed by atoms with Gasteiger partial charge in [0.1, 0.15) is 36.3 Å². The fourth-order valence-corrected chi connectivity index (χ4v) is 11.0. The molecule has 8 N–H and O–H groups in total. The van der Waals surface area contributed by atoms with Crippen molar-refractivity contribution in [1.29, 1.82) is 0 Å². The molecule has 0 radical (unpaired) electrons. The largest absolute Gasteiger partial charge is 0.449 e. The summed E-state index contributed by atoms with van der Waals surface area (Å²) in [4.78, 5) is 183. The van der Waals surface area contributed by atoms with E-state index in [9.17, 15) is 67.1 Å². The van der Waals surface area contributed by atoms with E-state index < -0.39 is 127 Å². The van der Waals surface area contributed by atoms with Crippen LogP contribution in [-0.2, 0) is 67.0 Å². The van der Waals surface area contributed by atoms with Gasteiger partial charge in [0.05, 0.1) is 38.4 Å². The average Bonchev–Trinajstić information content (AvgIpc) is 1.72. The molecule has 502 valence electrons. The number of ether oxygens (including phenoxy) is 2. The lowest BCUT2D eigenvalue weighted by Crippen LogP contribution is -2.56. The van der Waals surface area contributed by atoms with Gasteiger partial charge in [0, 0.05) is 13.1 Å². The number of nitrogens with zero attached hydrogens (tertiary/aromatic N) is 2. The number of alkyl carbamates (subject to hydrolysis) is 2. The van der Waals surface area contributed by atoms with Crippen molar-refractivity contribution in [1.82, 2.24) is 52.3 Å². The Morgan fingerprint density at radius 2 is 0.880 bits per heavy atom. The lowest BCUT2D eigenvalue weighted by Gasteiger charge is -2.30. The van der Waals surface area contributed by atoms with Crippen molar-refractivity contribution in [3.8, 4) is 0 Å². The molecular formula is C66H92N10O16. The number of Topliss-reactive ketones (excluding diaryl/α,β-unsaturated/α-hetero) is 4. The van der Waals surface area contributed by atoms with Gasteiger partial charge in [-0.1, -0.05) is 133 Å². The maximum Gasteiger partial charge on any atom is 0.407 e. The molecule has 0 spiro atoms. The van der Waals surface area contributed by atoms with Crippen molar-refractivity contribution in [2.45, 2.75) is 193 Å². The summed E-state index contributed by atoms with van der Waals surface area (Å²) in [6.07, 6.45) is 10.4. The Bertz CT molecular complexity index is 2940. The molecule has 3 saturated heterocycles. The standard InChI is InChI=1S/C33H47N5O8.C33H45N5O8/c2*1-21(2)20-46-33(45)36-25-16-11-6-4-5-10-15-24(35-30(42)26-17-12-18-38(26)32(25)44)29(41)31(43)34-19-27(40)37-28(22(3)39)23-13-8-7-9-14-23/h7-9,13-14,21,24-26,28H,4-6,10-12,15-20H2,1-3H3,(H,34,43)(H,35,42)(H,36,45)(H,37,40);4,6-9,13-14,21,24-26,28H,5,10-12,15-20H2,1-3H3,(H,34,43)(H,35,42)(H,36,45)(H,37,40)/b;6-4-/t24?,25-,26-,28+;24-,25-,26-,28+/m00/s1. The van der Waals surface area contributed by atoms with Crippen LogP contribution in [0.15, 0.2) is 72.8 Å². The molecule has 4 aliphatic rings. The van der Waals surface area contributed by atoms with Crippen LogP contribution >= 0.6 is 0 Å². The van der Waals surface area contributed by atoms with Gasteiger partial charge in [0.2, 0.25) is 47.0 Å². The number of allylic oxidation sites excluding steroid dienone is 2. The smallest absolute Gasteiger partial charge is 0.407 e. The van der Waals surface area contributed by atoms with Crippen LogP contribution in [0.1, 0.15) is 167 Å². The molecule has 0 saturated carbocycles. The number of hydrogen-bond donors (Lipinski definition) is 8. The number of carbonyl (C=O) groups is 14. The molecule has 6 rings (SSSR count). The first-order chi connectivity index (χ1) is 43.9. The van der Waals surface area contributed by atoms with Crippen LogP contribution in [0.4, 0.5) is 9.59 Å². The average molecular weight is 1280 g/mol. The summed E-state index contributed by atoms with van der Waals surface area (Å²) in [7, 11) is 0. The highest BCUT2D eigenvalue weighted by molar-refractivity contribution is 6.39. The molecule has 1 unspecified atom stereocenters. The molecule has 3 fully saturated rings. The molecule has 8 atom stereocenters. The summed E-state index contributed by atoms with van der Waals surface area (Å²) >= 11 is 0. The van der Waals surface area contributed by atoms with Gasteiger partial charge in [0.15, 0.2) is 11.6 Å². The highest BCUT2D eigenvalue weighted by Gasteiger charge is 2.42. The van der Waals surface area contributed by atoms with E-state index in [-0.39, 0.29) is 55.4 Å². The molecule has 26 nitrogen and oxygen atoms in total. The summed E-state index contributed by atoms with van der Waals surface area (Å²) in [6.45, 7) is 10.2. The zero-order valence-corrected chi connectivity index (χ0v) is 53.7. The first-order valence-electron chi connectivity index (χ1n) is 32.0. The zero-order valence-electron chi connectivity index (χ0n) is 53.7. The SMILES string of the molecule is CC(=O)[C@@H](NC(=O)CNC(=O)C(=O)C1CCCCCCC[C@H](NC(=O)OCC(C)C)C(=O)N2CCC[C@H]2C(=O)N1)c1ccccc1.CC(=O)[C@@H](NC(=O)CNC(=O)C(=O)[C@@H]1CCC/C=C\CC[C@H](NC(=O)OCC(C)C)C(=O)N2CCC[C@H]2C(=O)N1)c1ccccc1. The Morgan fingerprint density at radius 3 is 1.30 bits per heavy atom. The number of ketones is 4. The van der Waals surface area contributed by atoms with Crippen LogP contribution in [0, 0.1) is 11.8 Å². The van der Waals surface area contributed by atoms with E-state index in [0.29, 0.717) is 94.8 Å². The van der Waals surface area contributed by atoms with Gasteiger partial charge in [-0.2, -0.15) is 0 Å². The monoisotopic (exact) mass is 1280 g/mol. The molecule has 26 heteroatoms. The van der Waals surface area contributed by atoms with Gasteiger partial charge in [-0.3, -0.25) is 57.5 Å². The molecule has 2 aromatic rings. The van der Waals surface area contributed by atoms with Gasteiger partial charge in [-0.05, 0) is 107 Å². The van der Waals surface area contributed by atoms with E-state index in [1.807, 2.05) is 39.8 Å². The minimum atomic E-state index is -1.18. The number of carbonyl (C=O) groups excluding carboxylic acids is 14. The fraction of sp³-hybridized carbons (Fsp3) is 0.576. The van der Waals surface area contributed by atoms with Crippen LogP contribution in [0.3, 0.4) is 0 Å². The summed E-state index contributed by atoms with van der Waals surface area (Å²) in [5, 5.41) is 20.4. The number of hydrogen-bond acceptors (Lipinski definition) is 16. The van der Waals surface area contributed by atoms with Gasteiger partial charge in [0.25, 0.3) is 11.8 Å². The highest BCUT2D eigenvalue weighted by atomic mass is 16.6. The number of amides is 10. The summed E-state index contributed by atoms with van der Waals surface area (Å²) in [5.74, 6) is -7.52. The second-order valence-corrected chi connectivity index (χ2v) is 24.3. The van der Waals surface area contributed by atoms with Gasteiger partial charge >= 0.3 is 12.2 Å². The molecular weight excluding hydrogens is 1190 g/mol. The highest BCUT2D eigenvalue weighted by Crippen LogP contribution is 2.24. The number of fused-ring (bicyclic) bond motifs is 2. The third-order valence-electron chi connectivity index (χ3n) is 15.8. The number of benzene rings is 2. The Labute approximate surface area is 537 Å². The normalized spacial score (nSPS) is 21.8. The first-order valence-corrected chi connectivity index (χ1v) is 32.0. The third-order valence-corrected chi connectivity index (χ3v) is 15.8. The van der Waals surface area contributed by atoms with E-state index in [1.54, 1.807) is 60.7 Å². The van der Waals surface area contributed by atoms with Crippen LogP contribution in [-0.4, -0.2) is 168 Å². The lowest BCUT2D eigenvalue weighted by molar-refractivity contribution is -0.143. The Kier molecular flexibility index (Phi) is 30.6. The van der Waals surface area contributed by atoms with Crippen molar-refractivity contribution in [3.63, 3.8) is 0 Å². The topological polar surface area (TPSA) is 360 Å². The minimum Gasteiger partial charge on any atom is -0.449 e. The summed E-state index contributed by atoms with van der Waals surface area (Å²) < 4.78 is 10.4. The Balaban J connectivity index is 0.000000334. The molecule has 4 aliphatic heterocycles. The van der Waals surface area contributed by atoms with Crippen molar-refractivity contribution in [3.05, 3.63) is 83.9 Å². The van der Waals surface area contributed by atoms with Gasteiger partial charge in [-0.25, -0.2) is 9.59 Å². The van der Waals surface area contributed by atoms with Crippen molar-refractivity contribution in [2.24, 2.45) is 11.8 Å². The van der Waals surface area contributed by atoms with Crippen molar-refractivity contribution < 1.29 is 76.6 Å². The molecule has 92 heavy (non-hydrogen) atoms. The molecule has 10 amide bonds. The second kappa shape index (κ2) is 38.1. The third kappa shape index (κ3) is 24.1. The summed E-state index contributed by atoms with van der Waals surface area (Å²) in [6, 6.07) is 9.62. The van der Waals surface area contributed by atoms with Crippen molar-refractivity contribution >= 4 is 82.6 Å². The molecule has 0 aromatic heterocycles. The van der Waals surface area contributed by atoms with Crippen LogP contribution < -0.4 is 42.5 Å². The number of rotatable bonds is 20. The van der Waals surface area contributed by atoms with Gasteiger partial charge in [-0.15, -0.1) is 0 Å². The van der Waals surface area contributed by atoms with Crippen LogP contribution in [0.25, 0.3) is 0 Å². The maximum atomic E-state index is 13.6. The predicted octanol–water partition coefficient (Wildman–Crippen LogP) is 3.95. The quantitative estimate of drug-likeness (QED) is 0.0687. The predicted molar refractivity (Wildman–Crippen MR) is 336 cm³/mol. The van der Waals surface area contributed by atoms with Crippen LogP contribution in [0.2, 0.25) is 0 Å². The van der Waals surface area contributed by atoms with E-state index in [1.165, 1.54) is 23.6 Å². The van der Waals surface area contributed by atoms with E-state index in [0.717, 1.165) is 19.3 Å². The van der Waals surface area contributed by atoms with E-state index in [4.69, 9.17) is 9.47 Å². The van der Waals surface area contributed by atoms with E-state index in [2.05, 4.69) is 42.5 Å². The zero-order chi connectivity index (χ0) is 67.3. The molecule has 0 aliphatic carbocycles. The lowest BCUT2D eigenvalue weighted by atomic mass is 9.99. The van der Waals surface area contributed by atoms with Crippen LogP contribution in [0.5, 0.6) is 0 Å². The van der Waals surface area contributed by atoms with Gasteiger partial charge < -0.3 is 61.8 Å². The number of nitrogens with one attached hydrogen (secondary N) is 8.